The molecule has 15 heavy (non-hydrogen) atoms. The quantitative estimate of drug-likeness (QED) is 0.610. The molecule has 2 heterocycles. The van der Waals surface area contributed by atoms with Gasteiger partial charge in [0.2, 0.25) is 0 Å². The summed E-state index contributed by atoms with van der Waals surface area (Å²) in [5.41, 5.74) is -0.599. The largest absolute Gasteiger partial charge is 0.401 e. The second-order valence-electron chi connectivity index (χ2n) is 4.50. The van der Waals surface area contributed by atoms with Gasteiger partial charge in [0.05, 0.1) is 12.1 Å². The van der Waals surface area contributed by atoms with Crippen LogP contribution in [0.4, 0.5) is 13.2 Å². The molecule has 0 spiro atoms. The van der Waals surface area contributed by atoms with Crippen LogP contribution in [0.2, 0.25) is 0 Å². The molecule has 0 N–H and O–H groups in total. The van der Waals surface area contributed by atoms with E-state index in [-0.39, 0.29) is 6.04 Å². The Morgan fingerprint density at radius 1 is 1.33 bits per heavy atom. The Bertz CT molecular complexity index is 287. The molecule has 2 atom stereocenters. The molecular weight excluding hydrogens is 203 g/mol. The molecule has 2 fully saturated rings. The standard InChI is InChI=1S/C11H14F3N/c1-2-10-6-3-4-9(5-7-10)15(10)8-11(12,13)14/h1,9H,3-8H2. The van der Waals surface area contributed by atoms with Crippen LogP contribution in [0.25, 0.3) is 0 Å². The number of hydrogen-bond acceptors (Lipinski definition) is 1. The van der Waals surface area contributed by atoms with Gasteiger partial charge in [0, 0.05) is 6.04 Å². The highest BCUT2D eigenvalue weighted by molar-refractivity contribution is 5.20. The molecule has 0 amide bonds. The highest BCUT2D eigenvalue weighted by atomic mass is 19.4. The fourth-order valence-corrected chi connectivity index (χ4v) is 2.95. The van der Waals surface area contributed by atoms with Crippen LogP contribution < -0.4 is 0 Å². The minimum absolute atomic E-state index is 0.0522. The SMILES string of the molecule is C#CC12CCCC(CC1)N2CC(F)(F)F. The smallest absolute Gasteiger partial charge is 0.276 e. The minimum atomic E-state index is -4.14. The third-order valence-electron chi connectivity index (χ3n) is 3.63. The topological polar surface area (TPSA) is 3.24 Å². The molecule has 4 heteroatoms. The van der Waals surface area contributed by atoms with Crippen molar-refractivity contribution in [2.24, 2.45) is 0 Å². The van der Waals surface area contributed by atoms with E-state index in [1.807, 2.05) is 0 Å². The van der Waals surface area contributed by atoms with Crippen LogP contribution in [0.3, 0.4) is 0 Å². The summed E-state index contributed by atoms with van der Waals surface area (Å²) in [6, 6.07) is 0.0522. The summed E-state index contributed by atoms with van der Waals surface area (Å²) in [7, 11) is 0. The second-order valence-corrected chi connectivity index (χ2v) is 4.50. The molecule has 2 aliphatic heterocycles. The third-order valence-corrected chi connectivity index (χ3v) is 3.63. The van der Waals surface area contributed by atoms with E-state index in [0.29, 0.717) is 0 Å². The number of alkyl halides is 3. The van der Waals surface area contributed by atoms with Crippen LogP contribution in [0.1, 0.15) is 32.1 Å². The third kappa shape index (κ3) is 1.85. The van der Waals surface area contributed by atoms with E-state index in [2.05, 4.69) is 5.92 Å². The maximum absolute atomic E-state index is 12.4. The normalized spacial score (nSPS) is 36.5. The lowest BCUT2D eigenvalue weighted by atomic mass is 9.89. The van der Waals surface area contributed by atoms with Gasteiger partial charge in [-0.05, 0) is 32.1 Å². The summed E-state index contributed by atoms with van der Waals surface area (Å²) in [6.45, 7) is -0.845. The zero-order valence-electron chi connectivity index (χ0n) is 8.48. The van der Waals surface area contributed by atoms with Crippen molar-refractivity contribution in [2.45, 2.75) is 49.9 Å². The number of halogens is 3. The van der Waals surface area contributed by atoms with Gasteiger partial charge in [0.25, 0.3) is 0 Å². The van der Waals surface area contributed by atoms with Crippen LogP contribution in [0.5, 0.6) is 0 Å². The molecule has 2 unspecified atom stereocenters. The molecule has 84 valence electrons. The molecule has 2 rings (SSSR count). The van der Waals surface area contributed by atoms with Gasteiger partial charge in [-0.1, -0.05) is 5.92 Å². The van der Waals surface area contributed by atoms with Crippen LogP contribution in [-0.2, 0) is 0 Å². The fourth-order valence-electron chi connectivity index (χ4n) is 2.95. The van der Waals surface area contributed by atoms with Gasteiger partial charge < -0.3 is 0 Å². The van der Waals surface area contributed by atoms with Gasteiger partial charge in [-0.15, -0.1) is 6.42 Å². The molecular formula is C11H14F3N. The van der Waals surface area contributed by atoms with Crippen molar-refractivity contribution < 1.29 is 13.2 Å². The Morgan fingerprint density at radius 3 is 2.67 bits per heavy atom. The van der Waals surface area contributed by atoms with Crippen molar-refractivity contribution in [3.63, 3.8) is 0 Å². The summed E-state index contributed by atoms with van der Waals surface area (Å²) in [4.78, 5) is 1.51. The lowest BCUT2D eigenvalue weighted by Gasteiger charge is -2.41. The van der Waals surface area contributed by atoms with E-state index < -0.39 is 18.3 Å². The molecule has 0 aromatic rings. The Hall–Kier alpha value is -0.690. The molecule has 0 aromatic heterocycles. The molecule has 0 radical (unpaired) electrons. The lowest BCUT2D eigenvalue weighted by Crippen LogP contribution is -2.52. The molecule has 2 aliphatic rings. The van der Waals surface area contributed by atoms with Crippen LogP contribution in [-0.4, -0.2) is 29.2 Å². The summed E-state index contributed by atoms with van der Waals surface area (Å²) in [5.74, 6) is 2.61. The number of hydrogen-bond donors (Lipinski definition) is 0. The Kier molecular flexibility index (Phi) is 2.46. The van der Waals surface area contributed by atoms with Gasteiger partial charge in [-0.2, -0.15) is 13.2 Å². The Balaban J connectivity index is 2.19. The summed E-state index contributed by atoms with van der Waals surface area (Å²) < 4.78 is 37.2. The van der Waals surface area contributed by atoms with Gasteiger partial charge in [-0.25, -0.2) is 0 Å². The number of terminal acetylenes is 1. The summed E-state index contributed by atoms with van der Waals surface area (Å²) >= 11 is 0. The van der Waals surface area contributed by atoms with Crippen molar-refractivity contribution in [3.8, 4) is 12.3 Å². The van der Waals surface area contributed by atoms with Gasteiger partial charge in [-0.3, -0.25) is 4.90 Å². The zero-order chi connectivity index (χ0) is 11.1. The van der Waals surface area contributed by atoms with E-state index >= 15 is 0 Å². The number of rotatable bonds is 1. The van der Waals surface area contributed by atoms with Crippen LogP contribution in [0, 0.1) is 12.3 Å². The first kappa shape index (κ1) is 10.8. The first-order valence-electron chi connectivity index (χ1n) is 5.28. The number of fused-ring (bicyclic) bond motifs is 2. The summed E-state index contributed by atoms with van der Waals surface area (Å²) in [5, 5.41) is 0. The average molecular weight is 217 g/mol. The fraction of sp³-hybridized carbons (Fsp3) is 0.818. The van der Waals surface area contributed by atoms with Crippen LogP contribution >= 0.6 is 0 Å². The van der Waals surface area contributed by atoms with Crippen molar-refractivity contribution in [1.29, 1.82) is 0 Å². The van der Waals surface area contributed by atoms with E-state index in [1.54, 1.807) is 0 Å². The van der Waals surface area contributed by atoms with Gasteiger partial charge >= 0.3 is 6.18 Å². The molecule has 0 aromatic carbocycles. The van der Waals surface area contributed by atoms with Crippen molar-refractivity contribution >= 4 is 0 Å². The maximum atomic E-state index is 12.4. The Labute approximate surface area is 87.6 Å². The monoisotopic (exact) mass is 217 g/mol. The lowest BCUT2D eigenvalue weighted by molar-refractivity contribution is -0.159. The molecule has 1 nitrogen and oxygen atoms in total. The predicted molar refractivity (Wildman–Crippen MR) is 51.2 cm³/mol. The molecule has 2 saturated heterocycles. The van der Waals surface area contributed by atoms with Crippen molar-refractivity contribution in [1.82, 2.24) is 4.90 Å². The molecule has 2 bridgehead atoms. The van der Waals surface area contributed by atoms with Gasteiger partial charge in [0.1, 0.15) is 0 Å². The first-order chi connectivity index (χ1) is 6.97. The number of nitrogens with zero attached hydrogens (tertiary/aromatic N) is 1. The van der Waals surface area contributed by atoms with E-state index in [4.69, 9.17) is 6.42 Å². The molecule has 0 saturated carbocycles. The first-order valence-corrected chi connectivity index (χ1v) is 5.28. The van der Waals surface area contributed by atoms with E-state index in [0.717, 1.165) is 32.1 Å². The van der Waals surface area contributed by atoms with Crippen molar-refractivity contribution in [2.75, 3.05) is 6.54 Å². The molecule has 0 aliphatic carbocycles. The van der Waals surface area contributed by atoms with E-state index in [1.165, 1.54) is 4.90 Å². The predicted octanol–water partition coefficient (Wildman–Crippen LogP) is 2.57. The van der Waals surface area contributed by atoms with Gasteiger partial charge in [0.15, 0.2) is 0 Å². The van der Waals surface area contributed by atoms with Crippen molar-refractivity contribution in [3.05, 3.63) is 0 Å². The number of piperidine rings is 1. The maximum Gasteiger partial charge on any atom is 0.401 e. The Morgan fingerprint density at radius 2 is 2.07 bits per heavy atom. The zero-order valence-corrected chi connectivity index (χ0v) is 8.48. The second kappa shape index (κ2) is 3.41. The van der Waals surface area contributed by atoms with Crippen LogP contribution in [0.15, 0.2) is 0 Å². The summed E-state index contributed by atoms with van der Waals surface area (Å²) in [6.07, 6.45) is 5.38. The highest BCUT2D eigenvalue weighted by Crippen LogP contribution is 2.44. The average Bonchev–Trinajstić information content (AvgIpc) is 2.35. The van der Waals surface area contributed by atoms with E-state index in [9.17, 15) is 13.2 Å². The minimum Gasteiger partial charge on any atom is -0.276 e. The highest BCUT2D eigenvalue weighted by Gasteiger charge is 2.51.